The van der Waals surface area contributed by atoms with Gasteiger partial charge in [-0.1, -0.05) is 64.7 Å². The van der Waals surface area contributed by atoms with Crippen LogP contribution in [0.2, 0.25) is 0 Å². The van der Waals surface area contributed by atoms with Crippen molar-refractivity contribution in [3.63, 3.8) is 0 Å². The van der Waals surface area contributed by atoms with E-state index >= 15 is 0 Å². The predicted octanol–water partition coefficient (Wildman–Crippen LogP) is 5.00. The lowest BCUT2D eigenvalue weighted by Crippen LogP contribution is -1.99. The van der Waals surface area contributed by atoms with E-state index < -0.39 is 0 Å². The third kappa shape index (κ3) is 13.7. The zero-order valence-corrected chi connectivity index (χ0v) is 12.6. The lowest BCUT2D eigenvalue weighted by atomic mass is 10.1. The standard InChI is InChI=1S/C14H29N2P/c1-3-4-5-6-7-8-9-10-11-12-13-17(2)16-14-15/h16H,3-13H2,1-2H3. The van der Waals surface area contributed by atoms with Crippen LogP contribution in [0.4, 0.5) is 0 Å². The minimum absolute atomic E-state index is 0.226. The van der Waals surface area contributed by atoms with E-state index in [9.17, 15) is 0 Å². The number of nitrogens with one attached hydrogen (secondary N) is 1. The molecule has 2 nitrogen and oxygen atoms in total. The van der Waals surface area contributed by atoms with E-state index in [-0.39, 0.29) is 8.07 Å². The van der Waals surface area contributed by atoms with Gasteiger partial charge in [0.05, 0.1) is 0 Å². The van der Waals surface area contributed by atoms with Crippen LogP contribution >= 0.6 is 8.07 Å². The summed E-state index contributed by atoms with van der Waals surface area (Å²) in [5.41, 5.74) is 0. The Morgan fingerprint density at radius 3 is 1.82 bits per heavy atom. The fourth-order valence-electron chi connectivity index (χ4n) is 1.98. The highest BCUT2D eigenvalue weighted by molar-refractivity contribution is 7.54. The lowest BCUT2D eigenvalue weighted by molar-refractivity contribution is 0.563. The number of nitriles is 1. The molecule has 0 amide bonds. The first-order valence-corrected chi connectivity index (χ1v) is 9.14. The van der Waals surface area contributed by atoms with Crippen LogP contribution in [0.25, 0.3) is 0 Å². The van der Waals surface area contributed by atoms with Crippen molar-refractivity contribution in [2.24, 2.45) is 0 Å². The molecule has 0 aromatic carbocycles. The van der Waals surface area contributed by atoms with Gasteiger partial charge in [0.25, 0.3) is 0 Å². The molecule has 0 fully saturated rings. The van der Waals surface area contributed by atoms with E-state index in [4.69, 9.17) is 5.26 Å². The minimum atomic E-state index is -0.226. The summed E-state index contributed by atoms with van der Waals surface area (Å²) in [6.45, 7) is 4.41. The molecule has 3 heteroatoms. The molecule has 1 unspecified atom stereocenters. The third-order valence-corrected chi connectivity index (χ3v) is 4.56. The average molecular weight is 256 g/mol. The van der Waals surface area contributed by atoms with E-state index in [1.54, 1.807) is 0 Å². The zero-order chi connectivity index (χ0) is 12.8. The summed E-state index contributed by atoms with van der Waals surface area (Å²) in [6.07, 6.45) is 17.1. The van der Waals surface area contributed by atoms with E-state index in [0.29, 0.717) is 0 Å². The van der Waals surface area contributed by atoms with Gasteiger partial charge in [-0.3, -0.25) is 0 Å². The Morgan fingerprint density at radius 2 is 1.35 bits per heavy atom. The number of rotatable bonds is 12. The van der Waals surface area contributed by atoms with Crippen molar-refractivity contribution in [1.82, 2.24) is 5.09 Å². The smallest absolute Gasteiger partial charge is 0.180 e. The van der Waals surface area contributed by atoms with Gasteiger partial charge in [-0.05, 0) is 27.3 Å². The molecule has 100 valence electrons. The molecule has 1 atom stereocenters. The van der Waals surface area contributed by atoms with Crippen LogP contribution in [-0.2, 0) is 0 Å². The molecule has 0 rings (SSSR count). The Morgan fingerprint density at radius 1 is 0.882 bits per heavy atom. The molecule has 0 aliphatic heterocycles. The van der Waals surface area contributed by atoms with Gasteiger partial charge in [0, 0.05) is 0 Å². The first-order chi connectivity index (χ1) is 8.31. The number of unbranched alkanes of at least 4 members (excludes halogenated alkanes) is 9. The number of hydrogen-bond acceptors (Lipinski definition) is 2. The molecule has 0 spiro atoms. The van der Waals surface area contributed by atoms with E-state index in [2.05, 4.69) is 18.7 Å². The van der Waals surface area contributed by atoms with Gasteiger partial charge < -0.3 is 5.09 Å². The highest BCUT2D eigenvalue weighted by Gasteiger charge is 1.98. The third-order valence-electron chi connectivity index (χ3n) is 3.09. The molecule has 0 aromatic rings. The topological polar surface area (TPSA) is 35.8 Å². The van der Waals surface area contributed by atoms with Crippen LogP contribution in [0.3, 0.4) is 0 Å². The first-order valence-electron chi connectivity index (χ1n) is 7.17. The minimum Gasteiger partial charge on any atom is -0.303 e. The van der Waals surface area contributed by atoms with Crippen LogP contribution in [0.1, 0.15) is 71.1 Å². The van der Waals surface area contributed by atoms with Crippen molar-refractivity contribution in [3.8, 4) is 6.19 Å². The summed E-state index contributed by atoms with van der Waals surface area (Å²) in [4.78, 5) is 0. The largest absolute Gasteiger partial charge is 0.303 e. The first kappa shape index (κ1) is 16.7. The second-order valence-corrected chi connectivity index (χ2v) is 6.89. The van der Waals surface area contributed by atoms with Gasteiger partial charge in [0.2, 0.25) is 0 Å². The predicted molar refractivity (Wildman–Crippen MR) is 78.3 cm³/mol. The summed E-state index contributed by atoms with van der Waals surface area (Å²) in [7, 11) is -0.226. The Bertz CT molecular complexity index is 189. The van der Waals surface area contributed by atoms with Crippen molar-refractivity contribution in [2.45, 2.75) is 71.1 Å². The molecule has 17 heavy (non-hydrogen) atoms. The number of nitrogens with zero attached hydrogens (tertiary/aromatic N) is 1. The SMILES string of the molecule is CCCCCCCCCCCCP(C)NC#N. The van der Waals surface area contributed by atoms with Gasteiger partial charge in [-0.15, -0.1) is 0 Å². The van der Waals surface area contributed by atoms with Crippen molar-refractivity contribution in [2.75, 3.05) is 12.8 Å². The van der Waals surface area contributed by atoms with Crippen molar-refractivity contribution < 1.29 is 0 Å². The summed E-state index contributed by atoms with van der Waals surface area (Å²) < 4.78 is 0. The number of hydrogen-bond donors (Lipinski definition) is 1. The average Bonchev–Trinajstić information content (AvgIpc) is 2.32. The maximum atomic E-state index is 8.45. The summed E-state index contributed by atoms with van der Waals surface area (Å²) in [5.74, 6) is 0. The van der Waals surface area contributed by atoms with Gasteiger partial charge in [0.1, 0.15) is 0 Å². The van der Waals surface area contributed by atoms with Crippen LogP contribution in [-0.4, -0.2) is 12.8 Å². The second-order valence-electron chi connectivity index (χ2n) is 4.83. The van der Waals surface area contributed by atoms with Gasteiger partial charge >= 0.3 is 0 Å². The van der Waals surface area contributed by atoms with E-state index in [0.717, 1.165) is 0 Å². The summed E-state index contributed by atoms with van der Waals surface area (Å²) in [6, 6.07) is 0. The molecule has 1 N–H and O–H groups in total. The fraction of sp³-hybridized carbons (Fsp3) is 0.929. The summed E-state index contributed by atoms with van der Waals surface area (Å²) in [5, 5.41) is 11.3. The fourth-order valence-corrected chi connectivity index (χ4v) is 2.96. The molecular weight excluding hydrogens is 227 g/mol. The van der Waals surface area contributed by atoms with Crippen LogP contribution < -0.4 is 5.09 Å². The molecule has 0 aliphatic carbocycles. The van der Waals surface area contributed by atoms with Gasteiger partial charge in [-0.2, -0.15) is 5.26 Å². The summed E-state index contributed by atoms with van der Waals surface area (Å²) >= 11 is 0. The quantitative estimate of drug-likeness (QED) is 0.231. The molecule has 0 bridgehead atoms. The zero-order valence-electron chi connectivity index (χ0n) is 11.7. The van der Waals surface area contributed by atoms with E-state index in [1.807, 2.05) is 6.19 Å². The van der Waals surface area contributed by atoms with Gasteiger partial charge in [-0.25, -0.2) is 0 Å². The maximum Gasteiger partial charge on any atom is 0.180 e. The maximum absolute atomic E-state index is 8.45. The Kier molecular flexibility index (Phi) is 13.6. The Balaban J connectivity index is 3.01. The molecule has 0 radical (unpaired) electrons. The van der Waals surface area contributed by atoms with E-state index in [1.165, 1.54) is 70.4 Å². The molecule has 0 heterocycles. The van der Waals surface area contributed by atoms with Gasteiger partial charge in [0.15, 0.2) is 6.19 Å². The monoisotopic (exact) mass is 256 g/mol. The molecular formula is C14H29N2P. The van der Waals surface area contributed by atoms with Crippen LogP contribution in [0.5, 0.6) is 0 Å². The normalized spacial score (nSPS) is 12.1. The molecule has 0 aliphatic rings. The molecule has 0 saturated carbocycles. The van der Waals surface area contributed by atoms with Crippen LogP contribution in [0.15, 0.2) is 0 Å². The highest BCUT2D eigenvalue weighted by atomic mass is 31.1. The van der Waals surface area contributed by atoms with Crippen LogP contribution in [0, 0.1) is 11.5 Å². The molecule has 0 saturated heterocycles. The molecule has 0 aromatic heterocycles. The van der Waals surface area contributed by atoms with Crippen molar-refractivity contribution >= 4 is 8.07 Å². The second kappa shape index (κ2) is 13.8. The van der Waals surface area contributed by atoms with Crippen molar-refractivity contribution in [3.05, 3.63) is 0 Å². The lowest BCUT2D eigenvalue weighted by Gasteiger charge is -2.08. The Hall–Kier alpha value is -0.280. The highest BCUT2D eigenvalue weighted by Crippen LogP contribution is 2.26. The Labute approximate surface area is 109 Å². The van der Waals surface area contributed by atoms with Crippen molar-refractivity contribution in [1.29, 1.82) is 5.26 Å².